The molecule has 1 saturated heterocycles. The van der Waals surface area contributed by atoms with Crippen molar-refractivity contribution in [3.63, 3.8) is 0 Å². The lowest BCUT2D eigenvalue weighted by atomic mass is 10.1. The Balaban J connectivity index is 1.50. The zero-order chi connectivity index (χ0) is 19.7. The SMILES string of the molecule is CC[C@H](C(=O)N1CCN(c2cccc(Cl)c2)CC1)n1sc2ccccc2c1=O. The summed E-state index contributed by atoms with van der Waals surface area (Å²) in [5.41, 5.74) is 1.01. The average molecular weight is 416 g/mol. The van der Waals surface area contributed by atoms with E-state index >= 15 is 0 Å². The molecule has 2 aromatic carbocycles. The molecule has 2 heterocycles. The summed E-state index contributed by atoms with van der Waals surface area (Å²) in [5.74, 6) is 0.0295. The Morgan fingerprint density at radius 1 is 1.11 bits per heavy atom. The highest BCUT2D eigenvalue weighted by molar-refractivity contribution is 7.14. The first-order valence-corrected chi connectivity index (χ1v) is 10.6. The van der Waals surface area contributed by atoms with Crippen LogP contribution in [0.25, 0.3) is 10.1 Å². The minimum Gasteiger partial charge on any atom is -0.368 e. The van der Waals surface area contributed by atoms with Gasteiger partial charge in [-0.1, -0.05) is 48.3 Å². The van der Waals surface area contributed by atoms with Crippen molar-refractivity contribution in [2.75, 3.05) is 31.1 Å². The first-order valence-electron chi connectivity index (χ1n) is 9.48. The summed E-state index contributed by atoms with van der Waals surface area (Å²) in [7, 11) is 0. The summed E-state index contributed by atoms with van der Waals surface area (Å²) in [6, 6.07) is 14.9. The molecular weight excluding hydrogens is 394 g/mol. The van der Waals surface area contributed by atoms with Gasteiger partial charge in [0.15, 0.2) is 0 Å². The van der Waals surface area contributed by atoms with E-state index in [4.69, 9.17) is 11.6 Å². The maximum Gasteiger partial charge on any atom is 0.269 e. The monoisotopic (exact) mass is 415 g/mol. The normalized spacial score (nSPS) is 15.8. The van der Waals surface area contributed by atoms with E-state index in [1.165, 1.54) is 11.5 Å². The molecule has 1 amide bonds. The molecule has 1 aromatic heterocycles. The van der Waals surface area contributed by atoms with E-state index in [9.17, 15) is 9.59 Å². The molecule has 4 rings (SSSR count). The zero-order valence-electron chi connectivity index (χ0n) is 15.7. The molecule has 0 saturated carbocycles. The minimum atomic E-state index is -0.442. The van der Waals surface area contributed by atoms with E-state index < -0.39 is 6.04 Å². The fourth-order valence-corrected chi connectivity index (χ4v) is 5.04. The third-order valence-electron chi connectivity index (χ3n) is 5.23. The van der Waals surface area contributed by atoms with Gasteiger partial charge in [0.25, 0.3) is 5.56 Å². The largest absolute Gasteiger partial charge is 0.368 e. The van der Waals surface area contributed by atoms with Crippen molar-refractivity contribution in [1.82, 2.24) is 8.86 Å². The van der Waals surface area contributed by atoms with Crippen molar-refractivity contribution in [3.8, 4) is 0 Å². The molecule has 0 unspecified atom stereocenters. The van der Waals surface area contributed by atoms with Crippen LogP contribution in [-0.4, -0.2) is 40.9 Å². The summed E-state index contributed by atoms with van der Waals surface area (Å²) in [6.07, 6.45) is 0.597. The minimum absolute atomic E-state index is 0.0295. The maximum absolute atomic E-state index is 13.2. The lowest BCUT2D eigenvalue weighted by Crippen LogP contribution is -2.51. The number of benzene rings is 2. The van der Waals surface area contributed by atoms with Gasteiger partial charge in [-0.3, -0.25) is 13.5 Å². The van der Waals surface area contributed by atoms with Gasteiger partial charge < -0.3 is 9.80 Å². The molecule has 7 heteroatoms. The summed E-state index contributed by atoms with van der Waals surface area (Å²) >= 11 is 7.48. The van der Waals surface area contributed by atoms with Crippen LogP contribution in [0.5, 0.6) is 0 Å². The van der Waals surface area contributed by atoms with Crippen molar-refractivity contribution in [2.45, 2.75) is 19.4 Å². The second kappa shape index (κ2) is 7.97. The molecule has 0 radical (unpaired) electrons. The van der Waals surface area contributed by atoms with Crippen LogP contribution in [0.2, 0.25) is 5.02 Å². The van der Waals surface area contributed by atoms with Crippen LogP contribution in [0.4, 0.5) is 5.69 Å². The maximum atomic E-state index is 13.2. The Morgan fingerprint density at radius 3 is 2.54 bits per heavy atom. The fourth-order valence-electron chi connectivity index (χ4n) is 3.70. The number of carbonyl (C=O) groups excluding carboxylic acids is 1. The van der Waals surface area contributed by atoms with Gasteiger partial charge in [0, 0.05) is 36.9 Å². The van der Waals surface area contributed by atoms with Gasteiger partial charge in [0.1, 0.15) is 6.04 Å². The van der Waals surface area contributed by atoms with Crippen LogP contribution in [0.3, 0.4) is 0 Å². The molecule has 1 atom stereocenters. The molecule has 0 aliphatic carbocycles. The molecule has 0 N–H and O–H groups in total. The quantitative estimate of drug-likeness (QED) is 0.646. The first-order chi connectivity index (χ1) is 13.6. The summed E-state index contributed by atoms with van der Waals surface area (Å²) in [4.78, 5) is 30.1. The van der Waals surface area contributed by atoms with Gasteiger partial charge in [-0.25, -0.2) is 0 Å². The number of nitrogens with zero attached hydrogens (tertiary/aromatic N) is 3. The molecule has 1 aliphatic heterocycles. The van der Waals surface area contributed by atoms with Crippen molar-refractivity contribution in [3.05, 3.63) is 63.9 Å². The number of rotatable bonds is 4. The first kappa shape index (κ1) is 19.0. The second-order valence-electron chi connectivity index (χ2n) is 6.93. The number of carbonyl (C=O) groups is 1. The van der Waals surface area contributed by atoms with Crippen LogP contribution < -0.4 is 10.5 Å². The topological polar surface area (TPSA) is 45.6 Å². The number of hydrogen-bond donors (Lipinski definition) is 0. The Hall–Kier alpha value is -2.31. The summed E-state index contributed by atoms with van der Waals surface area (Å²) in [5, 5.41) is 1.40. The number of amides is 1. The Morgan fingerprint density at radius 2 is 1.86 bits per heavy atom. The van der Waals surface area contributed by atoms with Crippen LogP contribution in [0.15, 0.2) is 53.3 Å². The third kappa shape index (κ3) is 3.54. The predicted molar refractivity (Wildman–Crippen MR) is 116 cm³/mol. The van der Waals surface area contributed by atoms with Crippen LogP contribution in [0, 0.1) is 0 Å². The molecule has 5 nitrogen and oxygen atoms in total. The van der Waals surface area contributed by atoms with Crippen LogP contribution in [-0.2, 0) is 4.79 Å². The average Bonchev–Trinajstić information content (AvgIpc) is 3.05. The highest BCUT2D eigenvalue weighted by Gasteiger charge is 2.29. The van der Waals surface area contributed by atoms with Gasteiger partial charge in [-0.15, -0.1) is 0 Å². The van der Waals surface area contributed by atoms with Crippen LogP contribution in [0.1, 0.15) is 19.4 Å². The predicted octanol–water partition coefficient (Wildman–Crippen LogP) is 4.02. The zero-order valence-corrected chi connectivity index (χ0v) is 17.2. The van der Waals surface area contributed by atoms with Crippen molar-refractivity contribution in [2.24, 2.45) is 0 Å². The smallest absolute Gasteiger partial charge is 0.269 e. The fraction of sp³-hybridized carbons (Fsp3) is 0.333. The van der Waals surface area contributed by atoms with Gasteiger partial charge in [-0.05, 0) is 36.8 Å². The van der Waals surface area contributed by atoms with Crippen molar-refractivity contribution < 1.29 is 4.79 Å². The van der Waals surface area contributed by atoms with E-state index in [-0.39, 0.29) is 11.5 Å². The molecule has 3 aromatic rings. The van der Waals surface area contributed by atoms with E-state index in [1.54, 1.807) is 3.96 Å². The van der Waals surface area contributed by atoms with Gasteiger partial charge in [0.2, 0.25) is 5.91 Å². The van der Waals surface area contributed by atoms with Gasteiger partial charge in [-0.2, -0.15) is 0 Å². The molecular formula is C21H22ClN3O2S. The highest BCUT2D eigenvalue weighted by atomic mass is 35.5. The molecule has 146 valence electrons. The number of aromatic nitrogens is 1. The Bertz CT molecular complexity index is 1050. The number of piperazine rings is 1. The number of hydrogen-bond acceptors (Lipinski definition) is 4. The van der Waals surface area contributed by atoms with E-state index in [0.717, 1.165) is 23.5 Å². The Labute approximate surface area is 172 Å². The molecule has 28 heavy (non-hydrogen) atoms. The lowest BCUT2D eigenvalue weighted by molar-refractivity contribution is -0.135. The summed E-state index contributed by atoms with van der Waals surface area (Å²) in [6.45, 7) is 4.75. The van der Waals surface area contributed by atoms with Gasteiger partial charge in [0.05, 0.1) is 10.1 Å². The number of halogens is 1. The molecule has 0 bridgehead atoms. The lowest BCUT2D eigenvalue weighted by Gasteiger charge is -2.37. The molecule has 1 fully saturated rings. The van der Waals surface area contributed by atoms with Gasteiger partial charge >= 0.3 is 0 Å². The highest BCUT2D eigenvalue weighted by Crippen LogP contribution is 2.25. The Kier molecular flexibility index (Phi) is 5.42. The summed E-state index contributed by atoms with van der Waals surface area (Å²) < 4.78 is 2.57. The van der Waals surface area contributed by atoms with Crippen molar-refractivity contribution >= 4 is 44.8 Å². The van der Waals surface area contributed by atoms with E-state index in [2.05, 4.69) is 4.90 Å². The van der Waals surface area contributed by atoms with Crippen LogP contribution >= 0.6 is 23.1 Å². The van der Waals surface area contributed by atoms with Crippen molar-refractivity contribution in [1.29, 1.82) is 0 Å². The molecule has 1 aliphatic rings. The molecule has 0 spiro atoms. The third-order valence-corrected chi connectivity index (χ3v) is 6.64. The number of fused-ring (bicyclic) bond motifs is 1. The standard InChI is InChI=1S/C21H22ClN3O2S/c1-2-18(25-20(26)17-8-3-4-9-19(17)28-25)21(27)24-12-10-23(11-13-24)16-7-5-6-15(22)14-16/h3-9,14,18H,2,10-13H2,1H3/t18-/m1/s1. The second-order valence-corrected chi connectivity index (χ2v) is 8.39. The van der Waals surface area contributed by atoms with E-state index in [1.807, 2.05) is 60.4 Å². The van der Waals surface area contributed by atoms with E-state index in [0.29, 0.717) is 29.9 Å². The number of anilines is 1.